The fourth-order valence-electron chi connectivity index (χ4n) is 3.13. The van der Waals surface area contributed by atoms with Crippen molar-refractivity contribution in [3.8, 4) is 5.69 Å². The molecule has 1 atom stereocenters. The average molecular weight is 364 g/mol. The number of methoxy groups -OCH3 is 1. The summed E-state index contributed by atoms with van der Waals surface area (Å²) in [5.74, 6) is -0.0916. The van der Waals surface area contributed by atoms with Gasteiger partial charge in [0.2, 0.25) is 0 Å². The van der Waals surface area contributed by atoms with Crippen LogP contribution in [0, 0.1) is 13.8 Å². The highest BCUT2D eigenvalue weighted by atomic mass is 16.5. The summed E-state index contributed by atoms with van der Waals surface area (Å²) in [6.45, 7) is 4.32. The monoisotopic (exact) mass is 364 g/mol. The Hall–Kier alpha value is -2.99. The first-order valence-corrected chi connectivity index (χ1v) is 8.82. The Morgan fingerprint density at radius 1 is 1.19 bits per heavy atom. The number of carbonyl (C=O) groups excluding carboxylic acids is 1. The molecule has 27 heavy (non-hydrogen) atoms. The van der Waals surface area contributed by atoms with Crippen molar-refractivity contribution in [1.82, 2.24) is 19.7 Å². The van der Waals surface area contributed by atoms with Gasteiger partial charge in [0.15, 0.2) is 0 Å². The minimum atomic E-state index is -0.263. The van der Waals surface area contributed by atoms with Crippen LogP contribution in [-0.2, 0) is 4.74 Å². The lowest BCUT2D eigenvalue weighted by atomic mass is 10.1. The molecule has 3 aromatic rings. The molecule has 0 aliphatic heterocycles. The van der Waals surface area contributed by atoms with E-state index < -0.39 is 0 Å². The predicted octanol–water partition coefficient (Wildman–Crippen LogP) is 3.34. The molecule has 0 saturated heterocycles. The van der Waals surface area contributed by atoms with Crippen molar-refractivity contribution < 1.29 is 9.53 Å². The van der Waals surface area contributed by atoms with E-state index in [1.54, 1.807) is 25.3 Å². The lowest BCUT2D eigenvalue weighted by Crippen LogP contribution is -2.34. The van der Waals surface area contributed by atoms with E-state index in [0.29, 0.717) is 12.2 Å². The second-order valence-corrected chi connectivity index (χ2v) is 6.53. The van der Waals surface area contributed by atoms with Gasteiger partial charge < -0.3 is 9.64 Å². The van der Waals surface area contributed by atoms with Gasteiger partial charge in [0.25, 0.3) is 5.91 Å². The number of hydrogen-bond donors (Lipinski definition) is 0. The van der Waals surface area contributed by atoms with Crippen LogP contribution in [0.5, 0.6) is 0 Å². The Morgan fingerprint density at radius 2 is 2.00 bits per heavy atom. The molecule has 0 N–H and O–H groups in total. The number of amides is 1. The maximum Gasteiger partial charge on any atom is 0.254 e. The Balaban J connectivity index is 1.90. The Morgan fingerprint density at radius 3 is 2.63 bits per heavy atom. The van der Waals surface area contributed by atoms with Crippen molar-refractivity contribution in [3.63, 3.8) is 0 Å². The van der Waals surface area contributed by atoms with E-state index in [9.17, 15) is 4.79 Å². The largest absolute Gasteiger partial charge is 0.382 e. The second kappa shape index (κ2) is 8.14. The quantitative estimate of drug-likeness (QED) is 0.673. The smallest absolute Gasteiger partial charge is 0.254 e. The Kier molecular flexibility index (Phi) is 5.66. The van der Waals surface area contributed by atoms with Gasteiger partial charge in [-0.25, -0.2) is 4.68 Å². The first-order chi connectivity index (χ1) is 13.0. The summed E-state index contributed by atoms with van der Waals surface area (Å²) >= 11 is 0. The molecule has 140 valence electrons. The standard InChI is InChI=1S/C21H24N4O2/c1-15-12-16(2)25(23-15)18-9-7-8-17(13-18)21(26)24(3)20(14-27-4)19-10-5-6-11-22-19/h5-13,20H,14H2,1-4H3. The zero-order chi connectivity index (χ0) is 19.4. The highest BCUT2D eigenvalue weighted by Gasteiger charge is 2.24. The van der Waals surface area contributed by atoms with Gasteiger partial charge in [-0.1, -0.05) is 12.1 Å². The molecule has 2 heterocycles. The number of aryl methyl sites for hydroxylation is 2. The number of aromatic nitrogens is 3. The molecule has 0 bridgehead atoms. The van der Waals surface area contributed by atoms with E-state index in [1.165, 1.54) is 0 Å². The SMILES string of the molecule is COCC(c1ccccn1)N(C)C(=O)c1cccc(-n2nc(C)cc2C)c1. The van der Waals surface area contributed by atoms with Gasteiger partial charge in [0.1, 0.15) is 0 Å². The first kappa shape index (κ1) is 18.8. The van der Waals surface area contributed by atoms with Crippen LogP contribution in [0.1, 0.15) is 33.5 Å². The molecule has 0 aliphatic carbocycles. The number of benzene rings is 1. The van der Waals surface area contributed by atoms with E-state index in [1.807, 2.05) is 67.1 Å². The molecular weight excluding hydrogens is 340 g/mol. The number of carbonyl (C=O) groups is 1. The van der Waals surface area contributed by atoms with Gasteiger partial charge in [0, 0.05) is 31.6 Å². The van der Waals surface area contributed by atoms with Gasteiger partial charge >= 0.3 is 0 Å². The molecule has 0 saturated carbocycles. The van der Waals surface area contributed by atoms with E-state index in [-0.39, 0.29) is 11.9 Å². The Labute approximate surface area is 159 Å². The van der Waals surface area contributed by atoms with Gasteiger partial charge in [-0.2, -0.15) is 5.10 Å². The van der Waals surface area contributed by atoms with Gasteiger partial charge in [-0.15, -0.1) is 0 Å². The van der Waals surface area contributed by atoms with Crippen molar-refractivity contribution in [1.29, 1.82) is 0 Å². The zero-order valence-electron chi connectivity index (χ0n) is 16.1. The summed E-state index contributed by atoms with van der Waals surface area (Å²) in [5, 5.41) is 4.50. The normalized spacial score (nSPS) is 12.0. The number of rotatable bonds is 6. The summed E-state index contributed by atoms with van der Waals surface area (Å²) in [6.07, 6.45) is 1.72. The van der Waals surface area contributed by atoms with E-state index in [2.05, 4.69) is 10.1 Å². The molecule has 0 fully saturated rings. The van der Waals surface area contributed by atoms with E-state index >= 15 is 0 Å². The molecule has 0 spiro atoms. The van der Waals surface area contributed by atoms with Gasteiger partial charge in [-0.3, -0.25) is 9.78 Å². The highest BCUT2D eigenvalue weighted by Crippen LogP contribution is 2.21. The van der Waals surface area contributed by atoms with Crippen molar-refractivity contribution >= 4 is 5.91 Å². The molecular formula is C21H24N4O2. The van der Waals surface area contributed by atoms with Crippen LogP contribution in [0.15, 0.2) is 54.7 Å². The minimum Gasteiger partial charge on any atom is -0.382 e. The zero-order valence-corrected chi connectivity index (χ0v) is 16.1. The number of ether oxygens (including phenoxy) is 1. The van der Waals surface area contributed by atoms with E-state index in [0.717, 1.165) is 22.8 Å². The van der Waals surface area contributed by atoms with Gasteiger partial charge in [0.05, 0.1) is 29.7 Å². The average Bonchev–Trinajstić information content (AvgIpc) is 3.04. The van der Waals surface area contributed by atoms with Crippen LogP contribution in [-0.4, -0.2) is 46.3 Å². The summed E-state index contributed by atoms with van der Waals surface area (Å²) < 4.78 is 7.17. The van der Waals surface area contributed by atoms with Crippen LogP contribution >= 0.6 is 0 Å². The molecule has 0 aliphatic rings. The molecule has 1 amide bonds. The maximum atomic E-state index is 13.1. The first-order valence-electron chi connectivity index (χ1n) is 8.82. The highest BCUT2D eigenvalue weighted by molar-refractivity contribution is 5.94. The molecule has 1 aromatic carbocycles. The second-order valence-electron chi connectivity index (χ2n) is 6.53. The maximum absolute atomic E-state index is 13.1. The molecule has 6 heteroatoms. The summed E-state index contributed by atoms with van der Waals surface area (Å²) in [4.78, 5) is 19.2. The van der Waals surface area contributed by atoms with Crippen LogP contribution in [0.4, 0.5) is 0 Å². The third kappa shape index (κ3) is 4.06. The lowest BCUT2D eigenvalue weighted by Gasteiger charge is -2.27. The summed E-state index contributed by atoms with van der Waals surface area (Å²) in [7, 11) is 3.40. The van der Waals surface area contributed by atoms with Crippen molar-refractivity contribution in [2.45, 2.75) is 19.9 Å². The number of nitrogens with zero attached hydrogens (tertiary/aromatic N) is 4. The fraction of sp³-hybridized carbons (Fsp3) is 0.286. The summed E-state index contributed by atoms with van der Waals surface area (Å²) in [5.41, 5.74) is 4.22. The lowest BCUT2D eigenvalue weighted by molar-refractivity contribution is 0.0595. The number of hydrogen-bond acceptors (Lipinski definition) is 4. The van der Waals surface area contributed by atoms with Gasteiger partial charge in [-0.05, 0) is 50.2 Å². The number of likely N-dealkylation sites (N-methyl/N-ethyl adjacent to an activating group) is 1. The number of pyridine rings is 1. The van der Waals surface area contributed by atoms with Crippen LogP contribution in [0.25, 0.3) is 5.69 Å². The molecule has 6 nitrogen and oxygen atoms in total. The molecule has 3 rings (SSSR count). The van der Waals surface area contributed by atoms with Crippen LogP contribution in [0.3, 0.4) is 0 Å². The predicted molar refractivity (Wildman–Crippen MR) is 104 cm³/mol. The van der Waals surface area contributed by atoms with Crippen LogP contribution < -0.4 is 0 Å². The molecule has 1 unspecified atom stereocenters. The Bertz CT molecular complexity index is 921. The topological polar surface area (TPSA) is 60.2 Å². The summed E-state index contributed by atoms with van der Waals surface area (Å²) in [6, 6.07) is 14.9. The third-order valence-corrected chi connectivity index (χ3v) is 4.49. The molecule has 2 aromatic heterocycles. The van der Waals surface area contributed by atoms with E-state index in [4.69, 9.17) is 4.74 Å². The van der Waals surface area contributed by atoms with Crippen molar-refractivity contribution in [2.24, 2.45) is 0 Å². The minimum absolute atomic E-state index is 0.0916. The fourth-order valence-corrected chi connectivity index (χ4v) is 3.13. The van der Waals surface area contributed by atoms with Crippen molar-refractivity contribution in [3.05, 3.63) is 77.4 Å². The third-order valence-electron chi connectivity index (χ3n) is 4.49. The van der Waals surface area contributed by atoms with Crippen LogP contribution in [0.2, 0.25) is 0 Å². The van der Waals surface area contributed by atoms with Crippen molar-refractivity contribution in [2.75, 3.05) is 20.8 Å². The molecule has 0 radical (unpaired) electrons.